The maximum absolute atomic E-state index is 12.4. The van der Waals surface area contributed by atoms with Crippen molar-refractivity contribution in [2.75, 3.05) is 11.9 Å². The SMILES string of the molecule is O=C(O)CC(NC(=O)OCC1c2ccccc2-c2ccccc21)C(=O)Nc1ccsn1. The van der Waals surface area contributed by atoms with Crippen LogP contribution in [0.4, 0.5) is 10.6 Å². The van der Waals surface area contributed by atoms with E-state index in [2.05, 4.69) is 15.0 Å². The van der Waals surface area contributed by atoms with Crippen molar-refractivity contribution in [2.45, 2.75) is 18.4 Å². The van der Waals surface area contributed by atoms with Crippen molar-refractivity contribution in [1.29, 1.82) is 0 Å². The Morgan fingerprint density at radius 2 is 1.68 bits per heavy atom. The minimum Gasteiger partial charge on any atom is -0.481 e. The fraction of sp³-hybridized carbons (Fsp3) is 0.182. The molecule has 1 aromatic heterocycles. The number of hydrogen-bond donors (Lipinski definition) is 3. The molecular formula is C22H19N3O5S. The fourth-order valence-corrected chi connectivity index (χ4v) is 4.13. The lowest BCUT2D eigenvalue weighted by molar-refractivity contribution is -0.139. The fourth-order valence-electron chi connectivity index (χ4n) is 3.66. The Balaban J connectivity index is 1.43. The van der Waals surface area contributed by atoms with E-state index >= 15 is 0 Å². The molecule has 2 aromatic carbocycles. The number of anilines is 1. The first-order chi connectivity index (χ1) is 15.0. The number of carboxylic acids is 1. The average Bonchev–Trinajstić information content (AvgIpc) is 3.37. The number of amides is 2. The minimum atomic E-state index is -1.30. The van der Waals surface area contributed by atoms with Crippen molar-refractivity contribution in [1.82, 2.24) is 9.69 Å². The Labute approximate surface area is 182 Å². The van der Waals surface area contributed by atoms with Crippen molar-refractivity contribution in [2.24, 2.45) is 0 Å². The summed E-state index contributed by atoms with van der Waals surface area (Å²) in [5.41, 5.74) is 4.30. The zero-order chi connectivity index (χ0) is 21.8. The summed E-state index contributed by atoms with van der Waals surface area (Å²) in [6.45, 7) is 0.0629. The van der Waals surface area contributed by atoms with Crippen LogP contribution < -0.4 is 10.6 Å². The number of rotatable bonds is 7. The summed E-state index contributed by atoms with van der Waals surface area (Å²) in [6.07, 6.45) is -1.44. The van der Waals surface area contributed by atoms with Crippen molar-refractivity contribution >= 4 is 35.3 Å². The van der Waals surface area contributed by atoms with Crippen molar-refractivity contribution in [3.63, 3.8) is 0 Å². The van der Waals surface area contributed by atoms with Crippen LogP contribution in [0, 0.1) is 0 Å². The molecule has 1 aliphatic carbocycles. The predicted octanol–water partition coefficient (Wildman–Crippen LogP) is 3.46. The van der Waals surface area contributed by atoms with Gasteiger partial charge < -0.3 is 20.5 Å². The van der Waals surface area contributed by atoms with Gasteiger partial charge in [0.15, 0.2) is 0 Å². The molecule has 4 rings (SSSR count). The molecule has 0 spiro atoms. The Bertz CT molecular complexity index is 1070. The number of fused-ring (bicyclic) bond motifs is 3. The molecule has 3 aromatic rings. The van der Waals surface area contributed by atoms with Crippen LogP contribution in [0.1, 0.15) is 23.5 Å². The molecule has 8 nitrogen and oxygen atoms in total. The maximum atomic E-state index is 12.4. The molecule has 1 heterocycles. The Kier molecular flexibility index (Phi) is 5.94. The second kappa shape index (κ2) is 8.97. The monoisotopic (exact) mass is 437 g/mol. The highest BCUT2D eigenvalue weighted by Gasteiger charge is 2.30. The van der Waals surface area contributed by atoms with E-state index in [0.29, 0.717) is 5.82 Å². The lowest BCUT2D eigenvalue weighted by atomic mass is 9.98. The summed E-state index contributed by atoms with van der Waals surface area (Å²) >= 11 is 1.14. The molecule has 0 radical (unpaired) electrons. The van der Waals surface area contributed by atoms with E-state index in [9.17, 15) is 14.4 Å². The number of ether oxygens (including phenoxy) is 1. The van der Waals surface area contributed by atoms with Gasteiger partial charge in [0.05, 0.1) is 6.42 Å². The molecule has 3 N–H and O–H groups in total. The van der Waals surface area contributed by atoms with E-state index in [-0.39, 0.29) is 12.5 Å². The average molecular weight is 437 g/mol. The van der Waals surface area contributed by atoms with Crippen molar-refractivity contribution in [3.8, 4) is 11.1 Å². The molecule has 1 aliphatic rings. The highest BCUT2D eigenvalue weighted by atomic mass is 32.1. The van der Waals surface area contributed by atoms with Crippen LogP contribution in [0.2, 0.25) is 0 Å². The van der Waals surface area contributed by atoms with Crippen LogP contribution in [-0.4, -0.2) is 40.1 Å². The van der Waals surface area contributed by atoms with Crippen LogP contribution in [0.3, 0.4) is 0 Å². The first-order valence-corrected chi connectivity index (χ1v) is 10.4. The minimum absolute atomic E-state index is 0.0629. The van der Waals surface area contributed by atoms with Gasteiger partial charge in [-0.3, -0.25) is 9.59 Å². The molecule has 0 saturated heterocycles. The summed E-state index contributed by atoms with van der Waals surface area (Å²) in [5, 5.41) is 15.6. The third-order valence-corrected chi connectivity index (χ3v) is 5.58. The highest BCUT2D eigenvalue weighted by molar-refractivity contribution is 7.03. The molecule has 0 saturated carbocycles. The second-order valence-corrected chi connectivity index (χ2v) is 7.66. The highest BCUT2D eigenvalue weighted by Crippen LogP contribution is 2.44. The topological polar surface area (TPSA) is 118 Å². The summed E-state index contributed by atoms with van der Waals surface area (Å²) in [6, 6.07) is 16.1. The van der Waals surface area contributed by atoms with E-state index in [1.165, 1.54) is 0 Å². The van der Waals surface area contributed by atoms with E-state index in [1.807, 2.05) is 48.5 Å². The second-order valence-electron chi connectivity index (χ2n) is 6.99. The van der Waals surface area contributed by atoms with Crippen LogP contribution >= 0.6 is 11.5 Å². The standard InChI is InChI=1S/C22H19N3O5S/c26-20(27)11-18(21(28)24-19-9-10-31-25-19)23-22(29)30-12-17-15-7-3-1-5-13(15)14-6-2-4-8-16(14)17/h1-10,17-18H,11-12H2,(H,23,29)(H,26,27)(H,24,25,28). The number of carboxylic acid groups (broad SMARTS) is 1. The number of nitrogens with one attached hydrogen (secondary N) is 2. The maximum Gasteiger partial charge on any atom is 0.407 e. The van der Waals surface area contributed by atoms with E-state index in [4.69, 9.17) is 9.84 Å². The first kappa shape index (κ1) is 20.5. The van der Waals surface area contributed by atoms with E-state index < -0.39 is 30.4 Å². The number of carbonyl (C=O) groups excluding carboxylic acids is 2. The molecule has 1 unspecified atom stereocenters. The molecule has 0 fully saturated rings. The van der Waals surface area contributed by atoms with E-state index in [1.54, 1.807) is 11.4 Å². The summed E-state index contributed by atoms with van der Waals surface area (Å²) < 4.78 is 9.35. The van der Waals surface area contributed by atoms with Gasteiger partial charge in [0, 0.05) is 11.3 Å². The van der Waals surface area contributed by atoms with Gasteiger partial charge in [-0.2, -0.15) is 4.37 Å². The molecular weight excluding hydrogens is 418 g/mol. The van der Waals surface area contributed by atoms with Crippen LogP contribution in [0.25, 0.3) is 11.1 Å². The zero-order valence-corrected chi connectivity index (χ0v) is 17.1. The van der Waals surface area contributed by atoms with Gasteiger partial charge in [0.2, 0.25) is 5.91 Å². The normalized spacial score (nSPS) is 13.0. The van der Waals surface area contributed by atoms with Gasteiger partial charge in [-0.15, -0.1) is 0 Å². The lowest BCUT2D eigenvalue weighted by Gasteiger charge is -2.18. The molecule has 0 bridgehead atoms. The van der Waals surface area contributed by atoms with Crippen molar-refractivity contribution in [3.05, 3.63) is 71.1 Å². The largest absolute Gasteiger partial charge is 0.481 e. The van der Waals surface area contributed by atoms with Gasteiger partial charge in [-0.25, -0.2) is 4.79 Å². The van der Waals surface area contributed by atoms with Crippen LogP contribution in [0.5, 0.6) is 0 Å². The molecule has 158 valence electrons. The van der Waals surface area contributed by atoms with Gasteiger partial charge in [-0.1, -0.05) is 48.5 Å². The Morgan fingerprint density at radius 1 is 1.03 bits per heavy atom. The number of alkyl carbamates (subject to hydrolysis) is 1. The molecule has 2 amide bonds. The number of carbonyl (C=O) groups is 3. The first-order valence-electron chi connectivity index (χ1n) is 9.57. The number of aromatic nitrogens is 1. The molecule has 0 aliphatic heterocycles. The van der Waals surface area contributed by atoms with E-state index in [0.717, 1.165) is 33.8 Å². The van der Waals surface area contributed by atoms with Gasteiger partial charge in [-0.05, 0) is 39.9 Å². The predicted molar refractivity (Wildman–Crippen MR) is 115 cm³/mol. The Hall–Kier alpha value is -3.72. The molecule has 31 heavy (non-hydrogen) atoms. The third kappa shape index (κ3) is 4.56. The summed E-state index contributed by atoms with van der Waals surface area (Å²) in [7, 11) is 0. The van der Waals surface area contributed by atoms with Gasteiger partial charge in [0.1, 0.15) is 18.5 Å². The smallest absolute Gasteiger partial charge is 0.407 e. The summed E-state index contributed by atoms with van der Waals surface area (Å²) in [4.78, 5) is 35.9. The van der Waals surface area contributed by atoms with Crippen LogP contribution in [-0.2, 0) is 14.3 Å². The van der Waals surface area contributed by atoms with Crippen LogP contribution in [0.15, 0.2) is 60.0 Å². The molecule has 9 heteroatoms. The zero-order valence-electron chi connectivity index (χ0n) is 16.3. The lowest BCUT2D eigenvalue weighted by Crippen LogP contribution is -2.45. The Morgan fingerprint density at radius 3 is 2.26 bits per heavy atom. The number of benzene rings is 2. The number of nitrogens with zero attached hydrogens (tertiary/aromatic N) is 1. The quantitative estimate of drug-likeness (QED) is 0.521. The number of aliphatic carboxylic acids is 1. The number of hydrogen-bond acceptors (Lipinski definition) is 6. The third-order valence-electron chi connectivity index (χ3n) is 5.02. The van der Waals surface area contributed by atoms with Gasteiger partial charge in [0.25, 0.3) is 0 Å². The summed E-state index contributed by atoms with van der Waals surface area (Å²) in [5.74, 6) is -1.75. The van der Waals surface area contributed by atoms with Gasteiger partial charge >= 0.3 is 12.1 Å². The van der Waals surface area contributed by atoms with Crippen molar-refractivity contribution < 1.29 is 24.2 Å². The molecule has 1 atom stereocenters.